The minimum atomic E-state index is 0.159. The quantitative estimate of drug-likeness (QED) is 0.914. The first kappa shape index (κ1) is 13.7. The molecule has 3 nitrogen and oxygen atoms in total. The van der Waals surface area contributed by atoms with Gasteiger partial charge in [-0.2, -0.15) is 0 Å². The Balaban J connectivity index is 1.75. The Morgan fingerprint density at radius 2 is 1.95 bits per heavy atom. The van der Waals surface area contributed by atoms with Crippen LogP contribution in [-0.4, -0.2) is 16.7 Å². The lowest BCUT2D eigenvalue weighted by Gasteiger charge is -2.42. The van der Waals surface area contributed by atoms with Gasteiger partial charge in [0.1, 0.15) is 5.82 Å². The van der Waals surface area contributed by atoms with Crippen LogP contribution in [0.15, 0.2) is 36.4 Å². The maximum Gasteiger partial charge on any atom is 0.151 e. The molecule has 1 heterocycles. The summed E-state index contributed by atoms with van der Waals surface area (Å²) in [4.78, 5) is 0. The third kappa shape index (κ3) is 2.74. The van der Waals surface area contributed by atoms with Gasteiger partial charge >= 0.3 is 0 Å². The van der Waals surface area contributed by atoms with Crippen LogP contribution in [0.5, 0.6) is 0 Å². The monoisotopic (exact) mass is 307 g/mol. The Kier molecular flexibility index (Phi) is 3.81. The lowest BCUT2D eigenvalue weighted by Crippen LogP contribution is -2.41. The zero-order valence-corrected chi connectivity index (χ0v) is 12.5. The molecule has 1 aromatic heterocycles. The molecular weight excluding hydrogens is 293 g/mol. The molecule has 1 fully saturated rings. The second kappa shape index (κ2) is 5.58. The van der Waals surface area contributed by atoms with Crippen LogP contribution in [0, 0.1) is 0 Å². The number of anilines is 1. The summed E-state index contributed by atoms with van der Waals surface area (Å²) < 4.78 is 0. The van der Waals surface area contributed by atoms with Crippen LogP contribution in [0.3, 0.4) is 0 Å². The highest BCUT2D eigenvalue weighted by atomic mass is 35.5. The first-order valence-corrected chi connectivity index (χ1v) is 7.43. The topological polar surface area (TPSA) is 37.8 Å². The molecule has 0 aliphatic heterocycles. The molecule has 5 heteroatoms. The van der Waals surface area contributed by atoms with E-state index >= 15 is 0 Å². The fourth-order valence-electron chi connectivity index (χ4n) is 2.66. The first-order valence-electron chi connectivity index (χ1n) is 6.67. The molecule has 1 aliphatic carbocycles. The number of nitrogens with one attached hydrogen (secondary N) is 1. The average Bonchev–Trinajstić information content (AvgIpc) is 2.40. The molecule has 1 saturated carbocycles. The van der Waals surface area contributed by atoms with Crippen LogP contribution in [-0.2, 0) is 5.41 Å². The summed E-state index contributed by atoms with van der Waals surface area (Å²) >= 11 is 11.8. The van der Waals surface area contributed by atoms with Gasteiger partial charge in [0, 0.05) is 17.0 Å². The Hall–Kier alpha value is -1.32. The van der Waals surface area contributed by atoms with Crippen molar-refractivity contribution in [3.05, 3.63) is 52.1 Å². The molecule has 0 bridgehead atoms. The van der Waals surface area contributed by atoms with Crippen molar-refractivity contribution in [1.29, 1.82) is 0 Å². The number of benzene rings is 1. The fourth-order valence-corrected chi connectivity index (χ4v) is 2.95. The summed E-state index contributed by atoms with van der Waals surface area (Å²) in [5.74, 6) is 0.753. The molecule has 2 aromatic rings. The Bertz CT molecular complexity index is 594. The molecular formula is C15H15Cl2N3. The van der Waals surface area contributed by atoms with E-state index in [-0.39, 0.29) is 5.41 Å². The Labute approximate surface area is 128 Å². The van der Waals surface area contributed by atoms with Crippen LogP contribution >= 0.6 is 23.2 Å². The molecule has 20 heavy (non-hydrogen) atoms. The number of hydrogen-bond acceptors (Lipinski definition) is 3. The summed E-state index contributed by atoms with van der Waals surface area (Å²) in [6, 6.07) is 11.7. The van der Waals surface area contributed by atoms with E-state index < -0.39 is 0 Å². The van der Waals surface area contributed by atoms with E-state index in [1.165, 1.54) is 24.8 Å². The lowest BCUT2D eigenvalue weighted by molar-refractivity contribution is 0.260. The van der Waals surface area contributed by atoms with E-state index in [9.17, 15) is 0 Å². The highest BCUT2D eigenvalue weighted by Crippen LogP contribution is 2.44. The summed E-state index contributed by atoms with van der Waals surface area (Å²) in [7, 11) is 0. The molecule has 0 amide bonds. The fraction of sp³-hybridized carbons (Fsp3) is 0.333. The predicted octanol–water partition coefficient (Wildman–Crippen LogP) is 4.32. The molecule has 0 saturated heterocycles. The zero-order valence-electron chi connectivity index (χ0n) is 10.9. The maximum atomic E-state index is 6.11. The number of halogens is 2. The van der Waals surface area contributed by atoms with Gasteiger partial charge in [-0.25, -0.2) is 0 Å². The predicted molar refractivity (Wildman–Crippen MR) is 82.5 cm³/mol. The highest BCUT2D eigenvalue weighted by Gasteiger charge is 2.38. The Morgan fingerprint density at radius 3 is 2.55 bits per heavy atom. The van der Waals surface area contributed by atoms with Crippen LogP contribution in [0.25, 0.3) is 0 Å². The van der Waals surface area contributed by atoms with Crippen molar-refractivity contribution in [3.63, 3.8) is 0 Å². The van der Waals surface area contributed by atoms with Crippen molar-refractivity contribution < 1.29 is 0 Å². The van der Waals surface area contributed by atoms with Crippen LogP contribution < -0.4 is 5.32 Å². The summed E-state index contributed by atoms with van der Waals surface area (Å²) in [6.45, 7) is 0.837. The largest absolute Gasteiger partial charge is 0.368 e. The molecule has 0 spiro atoms. The maximum absolute atomic E-state index is 6.11. The van der Waals surface area contributed by atoms with E-state index in [1.807, 2.05) is 18.2 Å². The molecule has 1 aromatic carbocycles. The first-order chi connectivity index (χ1) is 9.68. The standard InChI is InChI=1S/C15H15Cl2N3/c16-12-4-1-3-11(9-12)15(7-2-8-15)10-18-14-6-5-13(17)19-20-14/h1,3-6,9H,2,7-8,10H2,(H,18,20). The minimum Gasteiger partial charge on any atom is -0.368 e. The van der Waals surface area contributed by atoms with Crippen molar-refractivity contribution in [2.45, 2.75) is 24.7 Å². The molecule has 0 atom stereocenters. The van der Waals surface area contributed by atoms with Gasteiger partial charge in [-0.15, -0.1) is 10.2 Å². The second-order valence-electron chi connectivity index (χ2n) is 5.24. The minimum absolute atomic E-state index is 0.159. The number of hydrogen-bond donors (Lipinski definition) is 1. The van der Waals surface area contributed by atoms with Gasteiger partial charge in [0.2, 0.25) is 0 Å². The molecule has 3 rings (SSSR count). The van der Waals surface area contributed by atoms with Crippen molar-refractivity contribution in [1.82, 2.24) is 10.2 Å². The third-order valence-electron chi connectivity index (χ3n) is 3.99. The summed E-state index contributed by atoms with van der Waals surface area (Å²) in [5, 5.41) is 12.4. The van der Waals surface area contributed by atoms with Crippen molar-refractivity contribution in [3.8, 4) is 0 Å². The van der Waals surface area contributed by atoms with Gasteiger partial charge in [-0.05, 0) is 42.7 Å². The van der Waals surface area contributed by atoms with Gasteiger partial charge in [0.05, 0.1) is 0 Å². The van der Waals surface area contributed by atoms with Crippen LogP contribution in [0.2, 0.25) is 10.2 Å². The Morgan fingerprint density at radius 1 is 1.10 bits per heavy atom. The van der Waals surface area contributed by atoms with Gasteiger partial charge in [-0.1, -0.05) is 41.8 Å². The van der Waals surface area contributed by atoms with Crippen molar-refractivity contribution in [2.75, 3.05) is 11.9 Å². The highest BCUT2D eigenvalue weighted by molar-refractivity contribution is 6.30. The summed E-state index contributed by atoms with van der Waals surface area (Å²) in [5.41, 5.74) is 1.46. The SMILES string of the molecule is Clc1cccc(C2(CNc3ccc(Cl)nn3)CCC2)c1. The van der Waals surface area contributed by atoms with Gasteiger partial charge in [0.15, 0.2) is 5.15 Å². The summed E-state index contributed by atoms with van der Waals surface area (Å²) in [6.07, 6.45) is 3.59. The second-order valence-corrected chi connectivity index (χ2v) is 6.06. The number of nitrogens with zero attached hydrogens (tertiary/aromatic N) is 2. The smallest absolute Gasteiger partial charge is 0.151 e. The average molecular weight is 308 g/mol. The molecule has 1 N–H and O–H groups in total. The van der Waals surface area contributed by atoms with Crippen LogP contribution in [0.4, 0.5) is 5.82 Å². The molecule has 0 unspecified atom stereocenters. The molecule has 104 valence electrons. The zero-order chi connectivity index (χ0) is 14.0. The van der Waals surface area contributed by atoms with Crippen molar-refractivity contribution >= 4 is 29.0 Å². The van der Waals surface area contributed by atoms with E-state index in [1.54, 1.807) is 6.07 Å². The lowest BCUT2D eigenvalue weighted by atomic mass is 9.64. The molecule has 1 aliphatic rings. The van der Waals surface area contributed by atoms with E-state index in [0.29, 0.717) is 5.15 Å². The van der Waals surface area contributed by atoms with Gasteiger partial charge < -0.3 is 5.32 Å². The van der Waals surface area contributed by atoms with Gasteiger partial charge in [0.25, 0.3) is 0 Å². The van der Waals surface area contributed by atoms with Crippen molar-refractivity contribution in [2.24, 2.45) is 0 Å². The van der Waals surface area contributed by atoms with E-state index in [0.717, 1.165) is 17.4 Å². The molecule has 0 radical (unpaired) electrons. The number of rotatable bonds is 4. The van der Waals surface area contributed by atoms with Crippen LogP contribution in [0.1, 0.15) is 24.8 Å². The number of aromatic nitrogens is 2. The normalized spacial score (nSPS) is 16.5. The third-order valence-corrected chi connectivity index (χ3v) is 4.42. The van der Waals surface area contributed by atoms with Gasteiger partial charge in [-0.3, -0.25) is 0 Å². The van der Waals surface area contributed by atoms with E-state index in [4.69, 9.17) is 23.2 Å². The van der Waals surface area contributed by atoms with E-state index in [2.05, 4.69) is 27.6 Å².